The highest BCUT2D eigenvalue weighted by molar-refractivity contribution is 6.30. The minimum absolute atomic E-state index is 0. The zero-order chi connectivity index (χ0) is 17.4. The number of rotatable bonds is 9. The fourth-order valence-electron chi connectivity index (χ4n) is 2.19. The highest BCUT2D eigenvalue weighted by Crippen LogP contribution is 2.17. The average Bonchev–Trinajstić information content (AvgIpc) is 2.55. The Hall–Kier alpha value is -1.79. The van der Waals surface area contributed by atoms with Crippen LogP contribution in [-0.2, 0) is 11.2 Å². The van der Waals surface area contributed by atoms with Gasteiger partial charge in [-0.15, -0.1) is 12.4 Å². The fourth-order valence-corrected chi connectivity index (χ4v) is 2.39. The van der Waals surface area contributed by atoms with Crippen LogP contribution in [0.2, 0.25) is 5.02 Å². The summed E-state index contributed by atoms with van der Waals surface area (Å²) >= 11 is 5.90. The molecule has 2 aromatic carbocycles. The maximum Gasteiger partial charge on any atom is 0.307 e. The van der Waals surface area contributed by atoms with Gasteiger partial charge >= 0.3 is 5.97 Å². The Morgan fingerprint density at radius 1 is 1.20 bits per heavy atom. The van der Waals surface area contributed by atoms with Crippen LogP contribution in [0.3, 0.4) is 0 Å². The van der Waals surface area contributed by atoms with Crippen LogP contribution in [0.4, 0.5) is 0 Å². The monoisotopic (exact) mass is 385 g/mol. The molecule has 0 saturated heterocycles. The van der Waals surface area contributed by atoms with Crippen molar-refractivity contribution in [2.45, 2.75) is 12.5 Å². The van der Waals surface area contributed by atoms with Crippen molar-refractivity contribution >= 4 is 30.0 Å². The van der Waals surface area contributed by atoms with Gasteiger partial charge in [0, 0.05) is 18.1 Å². The molecule has 0 spiro atoms. The van der Waals surface area contributed by atoms with E-state index in [4.69, 9.17) is 21.4 Å². The van der Waals surface area contributed by atoms with E-state index >= 15 is 0 Å². The van der Waals surface area contributed by atoms with Gasteiger partial charge in [0.15, 0.2) is 0 Å². The Labute approximate surface area is 158 Å². The van der Waals surface area contributed by atoms with E-state index in [-0.39, 0.29) is 18.8 Å². The first-order chi connectivity index (χ1) is 11.5. The molecule has 2 aromatic rings. The average molecular weight is 386 g/mol. The van der Waals surface area contributed by atoms with Crippen molar-refractivity contribution in [2.24, 2.45) is 0 Å². The van der Waals surface area contributed by atoms with Crippen molar-refractivity contribution in [1.82, 2.24) is 5.32 Å². The molecule has 3 N–H and O–H groups in total. The summed E-state index contributed by atoms with van der Waals surface area (Å²) in [7, 11) is 0. The van der Waals surface area contributed by atoms with E-state index in [1.54, 1.807) is 42.5 Å². The Morgan fingerprint density at radius 2 is 1.92 bits per heavy atom. The summed E-state index contributed by atoms with van der Waals surface area (Å²) in [5.74, 6) is -0.174. The molecule has 0 saturated carbocycles. The van der Waals surface area contributed by atoms with Crippen LogP contribution < -0.4 is 10.1 Å². The van der Waals surface area contributed by atoms with Crippen LogP contribution in [0.1, 0.15) is 17.2 Å². The quantitative estimate of drug-likeness (QED) is 0.578. The molecule has 0 aliphatic rings. The van der Waals surface area contributed by atoms with E-state index in [2.05, 4.69) is 5.32 Å². The summed E-state index contributed by atoms with van der Waals surface area (Å²) in [6.07, 6.45) is -0.623. The second-order valence-corrected chi connectivity index (χ2v) is 5.77. The summed E-state index contributed by atoms with van der Waals surface area (Å²) in [5, 5.41) is 22.5. The van der Waals surface area contributed by atoms with Crippen molar-refractivity contribution < 1.29 is 19.7 Å². The van der Waals surface area contributed by atoms with Gasteiger partial charge in [-0.25, -0.2) is 0 Å². The Bertz CT molecular complexity index is 664. The first kappa shape index (κ1) is 21.3. The predicted molar refractivity (Wildman–Crippen MR) is 99.8 cm³/mol. The van der Waals surface area contributed by atoms with Crippen molar-refractivity contribution in [1.29, 1.82) is 0 Å². The van der Waals surface area contributed by atoms with Gasteiger partial charge in [-0.2, -0.15) is 0 Å². The maximum atomic E-state index is 10.6. The maximum absolute atomic E-state index is 10.6. The largest absolute Gasteiger partial charge is 0.492 e. The number of aliphatic carboxylic acids is 1. The second kappa shape index (κ2) is 10.9. The van der Waals surface area contributed by atoms with E-state index in [1.807, 2.05) is 6.07 Å². The Balaban J connectivity index is 0.00000312. The molecule has 5 nitrogen and oxygen atoms in total. The molecule has 0 heterocycles. The number of carboxylic acid groups (broad SMARTS) is 1. The van der Waals surface area contributed by atoms with Gasteiger partial charge in [-0.05, 0) is 35.4 Å². The number of halogens is 2. The van der Waals surface area contributed by atoms with Crippen molar-refractivity contribution in [3.8, 4) is 5.75 Å². The molecular formula is C18H21Cl2NO4. The van der Waals surface area contributed by atoms with Gasteiger partial charge in [-0.1, -0.05) is 35.9 Å². The van der Waals surface area contributed by atoms with E-state index in [0.29, 0.717) is 30.5 Å². The van der Waals surface area contributed by atoms with E-state index < -0.39 is 12.1 Å². The number of aliphatic hydroxyl groups excluding tert-OH is 1. The van der Waals surface area contributed by atoms with Gasteiger partial charge in [0.2, 0.25) is 0 Å². The summed E-state index contributed by atoms with van der Waals surface area (Å²) in [5.41, 5.74) is 1.50. The molecule has 0 aliphatic carbocycles. The molecule has 0 aliphatic heterocycles. The predicted octanol–water partition coefficient (Wildman–Crippen LogP) is 3.09. The number of carbonyl (C=O) groups is 1. The van der Waals surface area contributed by atoms with Crippen LogP contribution in [0, 0.1) is 0 Å². The minimum Gasteiger partial charge on any atom is -0.492 e. The normalized spacial score (nSPS) is 11.4. The molecule has 2 rings (SSSR count). The van der Waals surface area contributed by atoms with E-state index in [9.17, 15) is 9.90 Å². The van der Waals surface area contributed by atoms with E-state index in [1.165, 1.54) is 0 Å². The van der Waals surface area contributed by atoms with Crippen LogP contribution >= 0.6 is 24.0 Å². The molecule has 0 aromatic heterocycles. The van der Waals surface area contributed by atoms with Crippen LogP contribution in [0.15, 0.2) is 48.5 Å². The molecule has 0 radical (unpaired) electrons. The number of hydrogen-bond acceptors (Lipinski definition) is 4. The number of nitrogens with one attached hydrogen (secondary N) is 1. The lowest BCUT2D eigenvalue weighted by Gasteiger charge is -2.13. The molecule has 136 valence electrons. The lowest BCUT2D eigenvalue weighted by Crippen LogP contribution is -2.26. The van der Waals surface area contributed by atoms with Gasteiger partial charge in [0.05, 0.1) is 12.5 Å². The third-order valence-electron chi connectivity index (χ3n) is 3.40. The third kappa shape index (κ3) is 7.75. The molecule has 0 unspecified atom stereocenters. The lowest BCUT2D eigenvalue weighted by molar-refractivity contribution is -0.136. The SMILES string of the molecule is Cl.O=C(O)Cc1ccc(OCCNC[C@H](O)c2cccc(Cl)c2)cc1. The summed E-state index contributed by atoms with van der Waals surface area (Å²) < 4.78 is 5.56. The molecule has 0 amide bonds. The van der Waals surface area contributed by atoms with E-state index in [0.717, 1.165) is 11.1 Å². The van der Waals surface area contributed by atoms with Gasteiger partial charge < -0.3 is 20.3 Å². The number of hydrogen-bond donors (Lipinski definition) is 3. The molecule has 7 heteroatoms. The topological polar surface area (TPSA) is 78.8 Å². The molecule has 0 bridgehead atoms. The number of carboxylic acids is 1. The lowest BCUT2D eigenvalue weighted by atomic mass is 10.1. The molecule has 1 atom stereocenters. The van der Waals surface area contributed by atoms with Gasteiger partial charge in [-0.3, -0.25) is 4.79 Å². The van der Waals surface area contributed by atoms with Crippen molar-refractivity contribution in [2.75, 3.05) is 19.7 Å². The van der Waals surface area contributed by atoms with Crippen LogP contribution in [0.25, 0.3) is 0 Å². The first-order valence-corrected chi connectivity index (χ1v) is 8.00. The third-order valence-corrected chi connectivity index (χ3v) is 3.63. The minimum atomic E-state index is -0.855. The highest BCUT2D eigenvalue weighted by atomic mass is 35.5. The second-order valence-electron chi connectivity index (χ2n) is 5.34. The standard InChI is InChI=1S/C18H20ClNO4.ClH/c19-15-3-1-2-14(11-15)17(21)12-20-8-9-24-16-6-4-13(5-7-16)10-18(22)23;/h1-7,11,17,20-21H,8-10,12H2,(H,22,23);1H/t17-;/m0./s1. The van der Waals surface area contributed by atoms with Gasteiger partial charge in [0.1, 0.15) is 12.4 Å². The van der Waals surface area contributed by atoms with Crippen molar-refractivity contribution in [3.05, 3.63) is 64.7 Å². The van der Waals surface area contributed by atoms with Crippen LogP contribution in [-0.4, -0.2) is 35.9 Å². The molecular weight excluding hydrogens is 365 g/mol. The van der Waals surface area contributed by atoms with Crippen LogP contribution in [0.5, 0.6) is 5.75 Å². The van der Waals surface area contributed by atoms with Crippen molar-refractivity contribution in [3.63, 3.8) is 0 Å². The zero-order valence-electron chi connectivity index (χ0n) is 13.5. The zero-order valence-corrected chi connectivity index (χ0v) is 15.1. The number of aliphatic hydroxyl groups is 1. The summed E-state index contributed by atoms with van der Waals surface area (Å²) in [4.78, 5) is 10.6. The van der Waals surface area contributed by atoms with Gasteiger partial charge in [0.25, 0.3) is 0 Å². The summed E-state index contributed by atoms with van der Waals surface area (Å²) in [6, 6.07) is 14.1. The molecule has 25 heavy (non-hydrogen) atoms. The Kier molecular flexibility index (Phi) is 9.31. The summed E-state index contributed by atoms with van der Waals surface area (Å²) in [6.45, 7) is 1.43. The first-order valence-electron chi connectivity index (χ1n) is 7.62. The highest BCUT2D eigenvalue weighted by Gasteiger charge is 2.07. The molecule has 0 fully saturated rings. The Morgan fingerprint density at radius 3 is 2.56 bits per heavy atom. The fraction of sp³-hybridized carbons (Fsp3) is 0.278. The number of ether oxygens (including phenoxy) is 1. The number of benzene rings is 2. The smallest absolute Gasteiger partial charge is 0.307 e.